The van der Waals surface area contributed by atoms with Gasteiger partial charge in [0.15, 0.2) is 6.29 Å². The van der Waals surface area contributed by atoms with Gasteiger partial charge in [0.1, 0.15) is 0 Å². The average Bonchev–Trinajstić information content (AvgIpc) is 2.35. The molecule has 0 radical (unpaired) electrons. The second-order valence-corrected chi connectivity index (χ2v) is 5.58. The van der Waals surface area contributed by atoms with E-state index in [2.05, 4.69) is 13.8 Å². The van der Waals surface area contributed by atoms with Crippen LogP contribution in [0.4, 0.5) is 0 Å². The first-order valence-corrected chi connectivity index (χ1v) is 8.08. The average molecular weight is 258 g/mol. The highest BCUT2D eigenvalue weighted by Gasteiger charge is 2.15. The van der Waals surface area contributed by atoms with E-state index in [0.717, 1.165) is 25.7 Å². The molecule has 2 nitrogen and oxygen atoms in total. The van der Waals surface area contributed by atoms with Crippen LogP contribution in [0, 0.1) is 5.92 Å². The first-order valence-electron chi connectivity index (χ1n) is 8.08. The van der Waals surface area contributed by atoms with E-state index in [1.54, 1.807) is 0 Å². The monoisotopic (exact) mass is 258 g/mol. The van der Waals surface area contributed by atoms with Crippen molar-refractivity contribution in [1.82, 2.24) is 0 Å². The third-order valence-electron chi connectivity index (χ3n) is 3.78. The number of hydrogen-bond donors (Lipinski definition) is 2. The van der Waals surface area contributed by atoms with Crippen molar-refractivity contribution in [3.8, 4) is 0 Å². The van der Waals surface area contributed by atoms with Gasteiger partial charge in [0.2, 0.25) is 0 Å². The molecule has 0 bridgehead atoms. The molecule has 110 valence electrons. The SMILES string of the molecule is CCCCCCCCC(CCCCCC)C(O)O. The predicted molar refractivity (Wildman–Crippen MR) is 78.5 cm³/mol. The van der Waals surface area contributed by atoms with Crippen molar-refractivity contribution in [2.75, 3.05) is 0 Å². The van der Waals surface area contributed by atoms with Gasteiger partial charge in [0.25, 0.3) is 0 Å². The lowest BCUT2D eigenvalue weighted by Gasteiger charge is -2.18. The van der Waals surface area contributed by atoms with Gasteiger partial charge in [-0.2, -0.15) is 0 Å². The highest BCUT2D eigenvalue weighted by molar-refractivity contribution is 4.62. The number of rotatable bonds is 13. The minimum absolute atomic E-state index is 0.105. The molecule has 0 aromatic rings. The van der Waals surface area contributed by atoms with Crippen LogP contribution in [-0.2, 0) is 0 Å². The maximum absolute atomic E-state index is 9.36. The Bertz CT molecular complexity index is 157. The summed E-state index contributed by atoms with van der Waals surface area (Å²) >= 11 is 0. The molecule has 0 saturated heterocycles. The highest BCUT2D eigenvalue weighted by Crippen LogP contribution is 2.21. The van der Waals surface area contributed by atoms with E-state index in [1.165, 1.54) is 51.4 Å². The zero-order chi connectivity index (χ0) is 13.6. The van der Waals surface area contributed by atoms with Crippen LogP contribution in [0.1, 0.15) is 90.9 Å². The maximum atomic E-state index is 9.36. The molecule has 0 rings (SSSR count). The zero-order valence-corrected chi connectivity index (χ0v) is 12.5. The summed E-state index contributed by atoms with van der Waals surface area (Å²) in [5.41, 5.74) is 0. The van der Waals surface area contributed by atoms with Crippen molar-refractivity contribution in [3.63, 3.8) is 0 Å². The second kappa shape index (κ2) is 13.4. The van der Waals surface area contributed by atoms with Gasteiger partial charge in [0.05, 0.1) is 0 Å². The quantitative estimate of drug-likeness (QED) is 0.373. The molecule has 0 aliphatic carbocycles. The summed E-state index contributed by atoms with van der Waals surface area (Å²) in [4.78, 5) is 0. The minimum atomic E-state index is -1.11. The second-order valence-electron chi connectivity index (χ2n) is 5.58. The van der Waals surface area contributed by atoms with Crippen LogP contribution in [-0.4, -0.2) is 16.5 Å². The van der Waals surface area contributed by atoms with Gasteiger partial charge in [-0.25, -0.2) is 0 Å². The normalized spacial score (nSPS) is 13.2. The molecule has 1 unspecified atom stereocenters. The van der Waals surface area contributed by atoms with E-state index in [4.69, 9.17) is 0 Å². The van der Waals surface area contributed by atoms with Gasteiger partial charge < -0.3 is 10.2 Å². The molecule has 0 aliphatic rings. The van der Waals surface area contributed by atoms with E-state index >= 15 is 0 Å². The molecular formula is C16H34O2. The highest BCUT2D eigenvalue weighted by atomic mass is 16.5. The summed E-state index contributed by atoms with van der Waals surface area (Å²) in [6, 6.07) is 0. The molecule has 0 heterocycles. The van der Waals surface area contributed by atoms with E-state index in [-0.39, 0.29) is 5.92 Å². The van der Waals surface area contributed by atoms with Crippen molar-refractivity contribution in [1.29, 1.82) is 0 Å². The maximum Gasteiger partial charge on any atom is 0.154 e. The molecule has 18 heavy (non-hydrogen) atoms. The Hall–Kier alpha value is -0.0800. The summed E-state index contributed by atoms with van der Waals surface area (Å²) < 4.78 is 0. The lowest BCUT2D eigenvalue weighted by Crippen LogP contribution is -2.19. The molecule has 0 fully saturated rings. The van der Waals surface area contributed by atoms with E-state index in [9.17, 15) is 10.2 Å². The lowest BCUT2D eigenvalue weighted by molar-refractivity contribution is -0.0890. The zero-order valence-electron chi connectivity index (χ0n) is 12.5. The number of aliphatic hydroxyl groups excluding tert-OH is 1. The molecule has 0 amide bonds. The largest absolute Gasteiger partial charge is 0.368 e. The van der Waals surface area contributed by atoms with Gasteiger partial charge in [-0.3, -0.25) is 0 Å². The summed E-state index contributed by atoms with van der Waals surface area (Å²) in [7, 11) is 0. The lowest BCUT2D eigenvalue weighted by atomic mass is 9.94. The van der Waals surface area contributed by atoms with Crippen LogP contribution in [0.2, 0.25) is 0 Å². The third kappa shape index (κ3) is 11.0. The van der Waals surface area contributed by atoms with Crippen LogP contribution in [0.5, 0.6) is 0 Å². The Morgan fingerprint density at radius 3 is 1.44 bits per heavy atom. The van der Waals surface area contributed by atoms with Gasteiger partial charge in [-0.15, -0.1) is 0 Å². The first-order chi connectivity index (χ1) is 8.72. The molecule has 2 heteroatoms. The molecule has 1 atom stereocenters. The standard InChI is InChI=1S/C16H34O2/c1-3-5-7-9-10-12-14-15(16(17)18)13-11-8-6-4-2/h15-18H,3-14H2,1-2H3. The van der Waals surface area contributed by atoms with Gasteiger partial charge in [0, 0.05) is 5.92 Å². The molecule has 0 aromatic heterocycles. The number of unbranched alkanes of at least 4 members (excludes halogenated alkanes) is 8. The fraction of sp³-hybridized carbons (Fsp3) is 1.00. The molecule has 0 saturated carbocycles. The smallest absolute Gasteiger partial charge is 0.154 e. The summed E-state index contributed by atoms with van der Waals surface area (Å²) in [5.74, 6) is 0.105. The van der Waals surface area contributed by atoms with Crippen LogP contribution >= 0.6 is 0 Å². The van der Waals surface area contributed by atoms with Crippen molar-refractivity contribution in [3.05, 3.63) is 0 Å². The van der Waals surface area contributed by atoms with Crippen LogP contribution in [0.15, 0.2) is 0 Å². The Kier molecular flexibility index (Phi) is 13.3. The Balaban J connectivity index is 3.51. The number of hydrogen-bond acceptors (Lipinski definition) is 2. The van der Waals surface area contributed by atoms with Crippen molar-refractivity contribution in [2.24, 2.45) is 5.92 Å². The van der Waals surface area contributed by atoms with Crippen LogP contribution in [0.3, 0.4) is 0 Å². The van der Waals surface area contributed by atoms with Crippen LogP contribution in [0.25, 0.3) is 0 Å². The summed E-state index contributed by atoms with van der Waals surface area (Å²) in [6.07, 6.45) is 13.4. The number of aliphatic hydroxyl groups is 2. The molecule has 0 spiro atoms. The topological polar surface area (TPSA) is 40.5 Å². The minimum Gasteiger partial charge on any atom is -0.368 e. The van der Waals surface area contributed by atoms with Crippen molar-refractivity contribution in [2.45, 2.75) is 97.2 Å². The molecule has 2 N–H and O–H groups in total. The predicted octanol–water partition coefficient (Wildman–Crippen LogP) is 4.63. The fourth-order valence-electron chi connectivity index (χ4n) is 2.46. The van der Waals surface area contributed by atoms with Gasteiger partial charge in [-0.05, 0) is 12.8 Å². The molecular weight excluding hydrogens is 224 g/mol. The van der Waals surface area contributed by atoms with Gasteiger partial charge >= 0.3 is 0 Å². The van der Waals surface area contributed by atoms with E-state index < -0.39 is 6.29 Å². The van der Waals surface area contributed by atoms with Crippen LogP contribution < -0.4 is 0 Å². The summed E-state index contributed by atoms with van der Waals surface area (Å²) in [6.45, 7) is 4.43. The van der Waals surface area contributed by atoms with E-state index in [1.807, 2.05) is 0 Å². The molecule has 0 aliphatic heterocycles. The van der Waals surface area contributed by atoms with Crippen molar-refractivity contribution < 1.29 is 10.2 Å². The third-order valence-corrected chi connectivity index (χ3v) is 3.78. The Morgan fingerprint density at radius 1 is 0.611 bits per heavy atom. The Morgan fingerprint density at radius 2 is 1.00 bits per heavy atom. The molecule has 0 aromatic carbocycles. The Labute approximate surface area is 114 Å². The van der Waals surface area contributed by atoms with Gasteiger partial charge in [-0.1, -0.05) is 78.1 Å². The summed E-state index contributed by atoms with van der Waals surface area (Å²) in [5, 5.41) is 18.7. The van der Waals surface area contributed by atoms with Crippen molar-refractivity contribution >= 4 is 0 Å². The fourth-order valence-corrected chi connectivity index (χ4v) is 2.46. The van der Waals surface area contributed by atoms with E-state index in [0.29, 0.717) is 0 Å². The first kappa shape index (κ1) is 17.9.